The van der Waals surface area contributed by atoms with Crippen LogP contribution in [0.5, 0.6) is 0 Å². The molecule has 0 atom stereocenters. The lowest BCUT2D eigenvalue weighted by Crippen LogP contribution is -2.33. The van der Waals surface area contributed by atoms with Gasteiger partial charge in [-0.2, -0.15) is 4.31 Å². The maximum absolute atomic E-state index is 13.2. The first-order valence-electron chi connectivity index (χ1n) is 8.21. The highest BCUT2D eigenvalue weighted by Gasteiger charge is 2.27. The van der Waals surface area contributed by atoms with Crippen LogP contribution in [0.3, 0.4) is 0 Å². The summed E-state index contributed by atoms with van der Waals surface area (Å²) in [5, 5.41) is 0. The molecule has 2 aromatic rings. The lowest BCUT2D eigenvalue weighted by atomic mass is 10.2. The lowest BCUT2D eigenvalue weighted by Gasteiger charge is -2.23. The number of nitrogens with two attached hydrogens (primary N) is 1. The molecule has 0 fully saturated rings. The van der Waals surface area contributed by atoms with E-state index in [9.17, 15) is 16.8 Å². The number of rotatable bonds is 8. The summed E-state index contributed by atoms with van der Waals surface area (Å²) < 4.78 is 51.5. The molecule has 0 saturated carbocycles. The van der Waals surface area contributed by atoms with E-state index in [-0.39, 0.29) is 22.9 Å². The number of hydrogen-bond acceptors (Lipinski definition) is 5. The molecule has 2 rings (SSSR count). The van der Waals surface area contributed by atoms with Crippen LogP contribution >= 0.6 is 0 Å². The Kier molecular flexibility index (Phi) is 6.57. The fourth-order valence-corrected chi connectivity index (χ4v) is 5.01. The van der Waals surface area contributed by atoms with Crippen molar-refractivity contribution in [3.63, 3.8) is 0 Å². The van der Waals surface area contributed by atoms with Crippen molar-refractivity contribution in [3.05, 3.63) is 59.7 Å². The van der Waals surface area contributed by atoms with Crippen LogP contribution in [0, 0.1) is 6.92 Å². The Morgan fingerprint density at radius 1 is 1.00 bits per heavy atom. The molecule has 6 nitrogen and oxygen atoms in total. The summed E-state index contributed by atoms with van der Waals surface area (Å²) in [6.07, 6.45) is 1.57. The molecule has 0 aliphatic carbocycles. The first-order valence-corrected chi connectivity index (χ1v) is 11.5. The maximum Gasteiger partial charge on any atom is 0.243 e. The van der Waals surface area contributed by atoms with Gasteiger partial charge in [0.15, 0.2) is 9.84 Å². The Bertz CT molecular complexity index is 956. The van der Waals surface area contributed by atoms with Crippen molar-refractivity contribution >= 4 is 19.9 Å². The number of aryl methyl sites for hydroxylation is 1. The van der Waals surface area contributed by atoms with Gasteiger partial charge in [-0.05, 0) is 43.1 Å². The van der Waals surface area contributed by atoms with E-state index in [1.807, 2.05) is 30.3 Å². The Morgan fingerprint density at radius 3 is 2.23 bits per heavy atom. The second-order valence-electron chi connectivity index (χ2n) is 6.17. The van der Waals surface area contributed by atoms with Gasteiger partial charge in [0.2, 0.25) is 10.0 Å². The van der Waals surface area contributed by atoms with Gasteiger partial charge in [-0.3, -0.25) is 0 Å². The summed E-state index contributed by atoms with van der Waals surface area (Å²) in [6, 6.07) is 13.4. The summed E-state index contributed by atoms with van der Waals surface area (Å²) in [6.45, 7) is 2.48. The van der Waals surface area contributed by atoms with E-state index in [1.54, 1.807) is 6.92 Å². The molecule has 8 heteroatoms. The third-order valence-electron chi connectivity index (χ3n) is 4.02. The fraction of sp³-hybridized carbons (Fsp3) is 0.333. The third-order valence-corrected chi connectivity index (χ3v) is 7.12. The highest BCUT2D eigenvalue weighted by molar-refractivity contribution is 7.91. The largest absolute Gasteiger partial charge is 0.330 e. The molecule has 0 aliphatic heterocycles. The standard InChI is InChI=1S/C18H24N2O4S2/c1-15-9-10-17(25(2,21)22)13-18(15)26(23,24)20(12-6-11-19)14-16-7-4-3-5-8-16/h3-5,7-10,13H,6,11-12,14,19H2,1-2H3. The van der Waals surface area contributed by atoms with Gasteiger partial charge in [0.1, 0.15) is 0 Å². The quantitative estimate of drug-likeness (QED) is 0.735. The van der Waals surface area contributed by atoms with Gasteiger partial charge in [-0.15, -0.1) is 0 Å². The van der Waals surface area contributed by atoms with Crippen molar-refractivity contribution in [1.29, 1.82) is 0 Å². The van der Waals surface area contributed by atoms with Crippen LogP contribution in [-0.4, -0.2) is 40.5 Å². The Hall–Kier alpha value is -1.74. The third kappa shape index (κ3) is 4.91. The first-order chi connectivity index (χ1) is 12.2. The number of sulfonamides is 1. The van der Waals surface area contributed by atoms with Crippen LogP contribution < -0.4 is 5.73 Å². The van der Waals surface area contributed by atoms with Gasteiger partial charge in [0, 0.05) is 19.3 Å². The molecule has 0 unspecified atom stereocenters. The molecule has 2 N–H and O–H groups in total. The molecule has 26 heavy (non-hydrogen) atoms. The highest BCUT2D eigenvalue weighted by atomic mass is 32.2. The van der Waals surface area contributed by atoms with Crippen LogP contribution in [-0.2, 0) is 26.4 Å². The Morgan fingerprint density at radius 2 is 1.65 bits per heavy atom. The number of sulfone groups is 1. The van der Waals surface area contributed by atoms with E-state index < -0.39 is 19.9 Å². The summed E-state index contributed by atoms with van der Waals surface area (Å²) in [5.41, 5.74) is 6.92. The topological polar surface area (TPSA) is 97.5 Å². The normalized spacial score (nSPS) is 12.5. The van der Waals surface area contributed by atoms with Crippen LogP contribution in [0.15, 0.2) is 58.3 Å². The fourth-order valence-electron chi connectivity index (χ4n) is 2.57. The van der Waals surface area contributed by atoms with Gasteiger partial charge < -0.3 is 5.73 Å². The predicted octanol–water partition coefficient (Wildman–Crippen LogP) is 1.94. The number of hydrogen-bond donors (Lipinski definition) is 1. The summed E-state index contributed by atoms with van der Waals surface area (Å²) in [4.78, 5) is -0.00598. The highest BCUT2D eigenvalue weighted by Crippen LogP contribution is 2.25. The van der Waals surface area contributed by atoms with E-state index in [0.29, 0.717) is 18.5 Å². The average molecular weight is 397 g/mol. The van der Waals surface area contributed by atoms with E-state index in [2.05, 4.69) is 0 Å². The van der Waals surface area contributed by atoms with Crippen LogP contribution in [0.4, 0.5) is 0 Å². The zero-order valence-corrected chi connectivity index (χ0v) is 16.6. The molecule has 2 aromatic carbocycles. The molecule has 0 heterocycles. The van der Waals surface area contributed by atoms with Crippen molar-refractivity contribution < 1.29 is 16.8 Å². The van der Waals surface area contributed by atoms with E-state index in [0.717, 1.165) is 11.8 Å². The zero-order chi connectivity index (χ0) is 19.4. The van der Waals surface area contributed by atoms with E-state index in [1.165, 1.54) is 22.5 Å². The van der Waals surface area contributed by atoms with Gasteiger partial charge in [0.25, 0.3) is 0 Å². The molecule has 0 bridgehead atoms. The molecule has 0 saturated heterocycles. The second kappa shape index (κ2) is 8.30. The maximum atomic E-state index is 13.2. The lowest BCUT2D eigenvalue weighted by molar-refractivity contribution is 0.401. The Labute approximate surface area is 155 Å². The van der Waals surface area contributed by atoms with Crippen LogP contribution in [0.1, 0.15) is 17.5 Å². The molecule has 0 aromatic heterocycles. The molecule has 142 valence electrons. The van der Waals surface area contributed by atoms with Crippen LogP contribution in [0.25, 0.3) is 0 Å². The minimum Gasteiger partial charge on any atom is -0.330 e. The molecule has 0 spiro atoms. The summed E-state index contributed by atoms with van der Waals surface area (Å²) >= 11 is 0. The molecule has 0 aliphatic rings. The molecular weight excluding hydrogens is 372 g/mol. The van der Waals surface area contributed by atoms with Crippen molar-refractivity contribution in [2.75, 3.05) is 19.3 Å². The molecule has 0 radical (unpaired) electrons. The number of nitrogens with zero attached hydrogens (tertiary/aromatic N) is 1. The van der Waals surface area contributed by atoms with Crippen molar-refractivity contribution in [2.45, 2.75) is 29.7 Å². The van der Waals surface area contributed by atoms with Gasteiger partial charge in [0.05, 0.1) is 9.79 Å². The minimum atomic E-state index is -3.87. The van der Waals surface area contributed by atoms with E-state index >= 15 is 0 Å². The predicted molar refractivity (Wildman–Crippen MR) is 102 cm³/mol. The smallest absolute Gasteiger partial charge is 0.243 e. The van der Waals surface area contributed by atoms with Gasteiger partial charge in [-0.25, -0.2) is 16.8 Å². The summed E-state index contributed by atoms with van der Waals surface area (Å²) in [5.74, 6) is 0. The van der Waals surface area contributed by atoms with Crippen molar-refractivity contribution in [3.8, 4) is 0 Å². The van der Waals surface area contributed by atoms with Crippen molar-refractivity contribution in [1.82, 2.24) is 4.31 Å². The SMILES string of the molecule is Cc1ccc(S(C)(=O)=O)cc1S(=O)(=O)N(CCCN)Cc1ccccc1. The zero-order valence-electron chi connectivity index (χ0n) is 14.9. The average Bonchev–Trinajstić information content (AvgIpc) is 2.58. The monoisotopic (exact) mass is 396 g/mol. The van der Waals surface area contributed by atoms with Crippen LogP contribution in [0.2, 0.25) is 0 Å². The molecule has 0 amide bonds. The first kappa shape index (κ1) is 20.6. The Balaban J connectivity index is 2.49. The minimum absolute atomic E-state index is 0.00776. The molecular formula is C18H24N2O4S2. The second-order valence-corrected chi connectivity index (χ2v) is 10.1. The van der Waals surface area contributed by atoms with E-state index in [4.69, 9.17) is 5.73 Å². The number of benzene rings is 2. The van der Waals surface area contributed by atoms with Gasteiger partial charge in [-0.1, -0.05) is 36.4 Å². The summed E-state index contributed by atoms with van der Waals surface area (Å²) in [7, 11) is -7.38. The van der Waals surface area contributed by atoms with Crippen molar-refractivity contribution in [2.24, 2.45) is 5.73 Å². The van der Waals surface area contributed by atoms with Gasteiger partial charge >= 0.3 is 0 Å².